The summed E-state index contributed by atoms with van der Waals surface area (Å²) in [5.41, 5.74) is 2.59. The molecule has 0 radical (unpaired) electrons. The number of rotatable bonds is 6. The minimum Gasteiger partial charge on any atom is -0.451 e. The third kappa shape index (κ3) is 5.09. The van der Waals surface area contributed by atoms with Gasteiger partial charge in [0, 0.05) is 11.6 Å². The van der Waals surface area contributed by atoms with Crippen LogP contribution in [0.25, 0.3) is 0 Å². The summed E-state index contributed by atoms with van der Waals surface area (Å²) in [6.07, 6.45) is 1.08. The molecule has 124 valence electrons. The van der Waals surface area contributed by atoms with Crippen LogP contribution in [-0.2, 0) is 14.3 Å². The highest BCUT2D eigenvalue weighted by molar-refractivity contribution is 5.96. The third-order valence-electron chi connectivity index (χ3n) is 3.76. The molecule has 6 heteroatoms. The van der Waals surface area contributed by atoms with Gasteiger partial charge in [0.2, 0.25) is 0 Å². The molecule has 0 aromatic heterocycles. The molecule has 1 atom stereocenters. The first-order valence-electron chi connectivity index (χ1n) is 7.72. The molecule has 0 aliphatic heterocycles. The first-order chi connectivity index (χ1) is 10.9. The summed E-state index contributed by atoms with van der Waals surface area (Å²) < 4.78 is 5.00. The largest absolute Gasteiger partial charge is 0.451 e. The van der Waals surface area contributed by atoms with Gasteiger partial charge < -0.3 is 15.4 Å². The Balaban J connectivity index is 1.77. The number of carbonyl (C=O) groups excluding carboxylic acids is 3. The predicted octanol–water partition coefficient (Wildman–Crippen LogP) is 1.24. The molecule has 1 aromatic carbocycles. The molecule has 1 saturated carbocycles. The standard InChI is InChI=1S/C17H22N2O4/c1-10-4-5-13(8-11(10)2)17(22)18-9-15(20)23-12(3)16(21)19-14-6-7-14/h4-5,8,12,14H,6-7,9H2,1-3H3,(H,18,22)(H,19,21)/t12-/m1/s1. The molecule has 0 spiro atoms. The molecule has 0 saturated heterocycles. The van der Waals surface area contributed by atoms with Crippen LogP contribution in [0.5, 0.6) is 0 Å². The summed E-state index contributed by atoms with van der Waals surface area (Å²) in [5, 5.41) is 5.26. The van der Waals surface area contributed by atoms with Crippen molar-refractivity contribution >= 4 is 17.8 Å². The number of ether oxygens (including phenoxy) is 1. The molecule has 0 heterocycles. The number of amides is 2. The van der Waals surface area contributed by atoms with Crippen LogP contribution in [0.15, 0.2) is 18.2 Å². The Morgan fingerprint density at radius 2 is 1.91 bits per heavy atom. The van der Waals surface area contributed by atoms with Crippen LogP contribution in [0.2, 0.25) is 0 Å². The van der Waals surface area contributed by atoms with Crippen LogP contribution in [0.3, 0.4) is 0 Å². The highest BCUT2D eigenvalue weighted by Crippen LogP contribution is 2.18. The minimum absolute atomic E-state index is 0.216. The molecule has 1 fully saturated rings. The van der Waals surface area contributed by atoms with Gasteiger partial charge in [-0.25, -0.2) is 0 Å². The van der Waals surface area contributed by atoms with Crippen molar-refractivity contribution in [3.8, 4) is 0 Å². The van der Waals surface area contributed by atoms with Crippen LogP contribution in [0.1, 0.15) is 41.3 Å². The maximum Gasteiger partial charge on any atom is 0.326 e. The molecule has 0 unspecified atom stereocenters. The van der Waals surface area contributed by atoms with E-state index in [2.05, 4.69) is 10.6 Å². The number of hydrogen-bond donors (Lipinski definition) is 2. The van der Waals surface area contributed by atoms with Gasteiger partial charge >= 0.3 is 5.97 Å². The van der Waals surface area contributed by atoms with E-state index in [-0.39, 0.29) is 24.4 Å². The van der Waals surface area contributed by atoms with Crippen LogP contribution < -0.4 is 10.6 Å². The molecule has 2 amide bonds. The highest BCUT2D eigenvalue weighted by atomic mass is 16.5. The Morgan fingerprint density at radius 3 is 2.52 bits per heavy atom. The fraction of sp³-hybridized carbons (Fsp3) is 0.471. The zero-order valence-corrected chi connectivity index (χ0v) is 13.6. The lowest BCUT2D eigenvalue weighted by atomic mass is 10.1. The Morgan fingerprint density at radius 1 is 1.22 bits per heavy atom. The lowest BCUT2D eigenvalue weighted by Gasteiger charge is -2.13. The quantitative estimate of drug-likeness (QED) is 0.773. The number of nitrogens with one attached hydrogen (secondary N) is 2. The van der Waals surface area contributed by atoms with Gasteiger partial charge in [0.25, 0.3) is 11.8 Å². The molecule has 2 rings (SSSR count). The van der Waals surface area contributed by atoms with Crippen LogP contribution in [0.4, 0.5) is 0 Å². The van der Waals surface area contributed by atoms with Gasteiger partial charge in [-0.1, -0.05) is 6.07 Å². The minimum atomic E-state index is -0.860. The molecular weight excluding hydrogens is 296 g/mol. The van der Waals surface area contributed by atoms with Crippen molar-refractivity contribution < 1.29 is 19.1 Å². The van der Waals surface area contributed by atoms with Crippen molar-refractivity contribution in [1.29, 1.82) is 0 Å². The van der Waals surface area contributed by atoms with Crippen LogP contribution in [-0.4, -0.2) is 36.5 Å². The lowest BCUT2D eigenvalue weighted by molar-refractivity contribution is -0.153. The number of esters is 1. The van der Waals surface area contributed by atoms with Crippen molar-refractivity contribution in [1.82, 2.24) is 10.6 Å². The van der Waals surface area contributed by atoms with Crippen molar-refractivity contribution in [2.75, 3.05) is 6.54 Å². The zero-order chi connectivity index (χ0) is 17.0. The van der Waals surface area contributed by atoms with E-state index in [4.69, 9.17) is 4.74 Å². The average molecular weight is 318 g/mol. The van der Waals surface area contributed by atoms with E-state index in [1.54, 1.807) is 12.1 Å². The van der Waals surface area contributed by atoms with E-state index < -0.39 is 12.1 Å². The summed E-state index contributed by atoms with van der Waals surface area (Å²) in [4.78, 5) is 35.4. The Bertz CT molecular complexity index is 623. The molecular formula is C17H22N2O4. The van der Waals surface area contributed by atoms with Gasteiger partial charge in [0.05, 0.1) is 0 Å². The number of carbonyl (C=O) groups is 3. The van der Waals surface area contributed by atoms with Gasteiger partial charge in [0.15, 0.2) is 6.10 Å². The first kappa shape index (κ1) is 17.0. The van der Waals surface area contributed by atoms with Crippen LogP contribution >= 0.6 is 0 Å². The monoisotopic (exact) mass is 318 g/mol. The summed E-state index contributed by atoms with van der Waals surface area (Å²) >= 11 is 0. The topological polar surface area (TPSA) is 84.5 Å². The fourth-order valence-electron chi connectivity index (χ4n) is 1.98. The number of aryl methyl sites for hydroxylation is 2. The summed E-state index contributed by atoms with van der Waals surface area (Å²) in [5.74, 6) is -1.29. The highest BCUT2D eigenvalue weighted by Gasteiger charge is 2.27. The molecule has 1 aliphatic rings. The van der Waals surface area contributed by atoms with E-state index in [0.29, 0.717) is 5.56 Å². The molecule has 23 heavy (non-hydrogen) atoms. The maximum atomic E-state index is 12.0. The second kappa shape index (κ2) is 7.26. The van der Waals surface area contributed by atoms with Crippen LogP contribution in [0, 0.1) is 13.8 Å². The summed E-state index contributed by atoms with van der Waals surface area (Å²) in [6.45, 7) is 5.12. The molecule has 2 N–H and O–H groups in total. The molecule has 0 bridgehead atoms. The average Bonchev–Trinajstić information content (AvgIpc) is 3.31. The van der Waals surface area contributed by atoms with Gasteiger partial charge in [-0.2, -0.15) is 0 Å². The Kier molecular flexibility index (Phi) is 5.36. The van der Waals surface area contributed by atoms with Crippen molar-refractivity contribution in [2.45, 2.75) is 45.8 Å². The van der Waals surface area contributed by atoms with Gasteiger partial charge in [-0.15, -0.1) is 0 Å². The molecule has 1 aromatic rings. The predicted molar refractivity (Wildman–Crippen MR) is 85.0 cm³/mol. The normalized spacial score (nSPS) is 14.7. The number of hydrogen-bond acceptors (Lipinski definition) is 4. The summed E-state index contributed by atoms with van der Waals surface area (Å²) in [6, 6.07) is 5.54. The lowest BCUT2D eigenvalue weighted by Crippen LogP contribution is -2.39. The van der Waals surface area contributed by atoms with E-state index in [9.17, 15) is 14.4 Å². The number of benzene rings is 1. The van der Waals surface area contributed by atoms with Gasteiger partial charge in [0.1, 0.15) is 6.54 Å². The SMILES string of the molecule is Cc1ccc(C(=O)NCC(=O)O[C@H](C)C(=O)NC2CC2)cc1C. The van der Waals surface area contributed by atoms with E-state index >= 15 is 0 Å². The second-order valence-electron chi connectivity index (χ2n) is 5.90. The van der Waals surface area contributed by atoms with Gasteiger partial charge in [-0.05, 0) is 56.9 Å². The maximum absolute atomic E-state index is 12.0. The van der Waals surface area contributed by atoms with Crippen molar-refractivity contribution in [3.63, 3.8) is 0 Å². The zero-order valence-electron chi connectivity index (χ0n) is 13.6. The Hall–Kier alpha value is -2.37. The van der Waals surface area contributed by atoms with Crippen molar-refractivity contribution in [3.05, 3.63) is 34.9 Å². The first-order valence-corrected chi connectivity index (χ1v) is 7.72. The van der Waals surface area contributed by atoms with Gasteiger partial charge in [-0.3, -0.25) is 14.4 Å². The fourth-order valence-corrected chi connectivity index (χ4v) is 1.98. The molecule has 6 nitrogen and oxygen atoms in total. The smallest absolute Gasteiger partial charge is 0.326 e. The van der Waals surface area contributed by atoms with Crippen molar-refractivity contribution in [2.24, 2.45) is 0 Å². The van der Waals surface area contributed by atoms with E-state index in [0.717, 1.165) is 24.0 Å². The summed E-state index contributed by atoms with van der Waals surface area (Å²) in [7, 11) is 0. The van der Waals surface area contributed by atoms with E-state index in [1.807, 2.05) is 19.9 Å². The second-order valence-corrected chi connectivity index (χ2v) is 5.90. The molecule has 1 aliphatic carbocycles. The van der Waals surface area contributed by atoms with E-state index in [1.165, 1.54) is 6.92 Å². The third-order valence-corrected chi connectivity index (χ3v) is 3.76. The Labute approximate surface area is 135 Å².